The van der Waals surface area contributed by atoms with E-state index < -0.39 is 7.12 Å². The Balaban J connectivity index is 2.01. The standard InChI is InChI=1S/C20H22BNO4/c1-3-25-18-11-16(17-10-9-14(2)22-17)12-19(20(18)21(23)24)26-13-15-7-5-4-6-8-15/h4-12,22-24H,3,13H2,1-2H3. The summed E-state index contributed by atoms with van der Waals surface area (Å²) >= 11 is 0. The van der Waals surface area contributed by atoms with Crippen molar-refractivity contribution in [2.24, 2.45) is 0 Å². The molecule has 0 radical (unpaired) electrons. The Hall–Kier alpha value is -2.70. The van der Waals surface area contributed by atoms with Gasteiger partial charge in [-0.2, -0.15) is 0 Å². The van der Waals surface area contributed by atoms with Gasteiger partial charge in [0, 0.05) is 17.0 Å². The van der Waals surface area contributed by atoms with Crippen LogP contribution in [-0.2, 0) is 6.61 Å². The average molecular weight is 351 g/mol. The Kier molecular flexibility index (Phi) is 5.66. The number of nitrogens with one attached hydrogen (secondary N) is 1. The molecule has 0 saturated heterocycles. The second kappa shape index (κ2) is 8.12. The summed E-state index contributed by atoms with van der Waals surface area (Å²) < 4.78 is 11.6. The quantitative estimate of drug-likeness (QED) is 0.572. The van der Waals surface area contributed by atoms with Crippen molar-refractivity contribution >= 4 is 12.6 Å². The van der Waals surface area contributed by atoms with Crippen molar-refractivity contribution < 1.29 is 19.5 Å². The first-order valence-electron chi connectivity index (χ1n) is 8.58. The third-order valence-electron chi connectivity index (χ3n) is 4.04. The molecule has 3 aromatic rings. The maximum absolute atomic E-state index is 9.86. The number of rotatable bonds is 7. The maximum atomic E-state index is 9.86. The zero-order chi connectivity index (χ0) is 18.5. The lowest BCUT2D eigenvalue weighted by Crippen LogP contribution is -2.33. The molecule has 0 fully saturated rings. The van der Waals surface area contributed by atoms with Crippen LogP contribution in [-0.4, -0.2) is 28.8 Å². The summed E-state index contributed by atoms with van der Waals surface area (Å²) in [7, 11) is -1.69. The smallest absolute Gasteiger partial charge is 0.494 e. The number of aromatic amines is 1. The van der Waals surface area contributed by atoms with Crippen LogP contribution in [0.1, 0.15) is 18.2 Å². The van der Waals surface area contributed by atoms with Gasteiger partial charge in [-0.1, -0.05) is 30.3 Å². The minimum atomic E-state index is -1.69. The normalized spacial score (nSPS) is 10.6. The second-order valence-electron chi connectivity index (χ2n) is 6.02. The molecular formula is C20H22BNO4. The summed E-state index contributed by atoms with van der Waals surface area (Å²) in [6, 6.07) is 17.3. The van der Waals surface area contributed by atoms with Crippen LogP contribution < -0.4 is 14.9 Å². The molecule has 6 heteroatoms. The van der Waals surface area contributed by atoms with Crippen LogP contribution in [0.25, 0.3) is 11.3 Å². The minimum Gasteiger partial charge on any atom is -0.494 e. The monoisotopic (exact) mass is 351 g/mol. The van der Waals surface area contributed by atoms with Gasteiger partial charge in [0.2, 0.25) is 0 Å². The van der Waals surface area contributed by atoms with Crippen LogP contribution >= 0.6 is 0 Å². The fourth-order valence-electron chi connectivity index (χ4n) is 2.81. The van der Waals surface area contributed by atoms with Crippen LogP contribution in [0.4, 0.5) is 0 Å². The summed E-state index contributed by atoms with van der Waals surface area (Å²) in [5.41, 5.74) is 4.02. The Morgan fingerprint density at radius 3 is 2.23 bits per heavy atom. The highest BCUT2D eigenvalue weighted by atomic mass is 16.5. The SMILES string of the molecule is CCOc1cc(-c2ccc(C)[nH]2)cc(OCc2ccccc2)c1B(O)O. The molecule has 0 spiro atoms. The lowest BCUT2D eigenvalue weighted by molar-refractivity contribution is 0.300. The zero-order valence-electron chi connectivity index (χ0n) is 14.9. The van der Waals surface area contributed by atoms with Crippen molar-refractivity contribution in [3.05, 3.63) is 65.9 Å². The molecule has 0 amide bonds. The summed E-state index contributed by atoms with van der Waals surface area (Å²) in [5.74, 6) is 0.785. The van der Waals surface area contributed by atoms with E-state index in [1.54, 1.807) is 12.1 Å². The van der Waals surface area contributed by atoms with Crippen molar-refractivity contribution in [2.75, 3.05) is 6.61 Å². The first-order chi connectivity index (χ1) is 12.6. The van der Waals surface area contributed by atoms with Crippen LogP contribution in [0, 0.1) is 6.92 Å². The molecule has 0 aliphatic heterocycles. The fourth-order valence-corrected chi connectivity index (χ4v) is 2.81. The van der Waals surface area contributed by atoms with Gasteiger partial charge in [0.25, 0.3) is 0 Å². The van der Waals surface area contributed by atoms with Crippen molar-refractivity contribution in [3.63, 3.8) is 0 Å². The highest BCUT2D eigenvalue weighted by molar-refractivity contribution is 6.61. The van der Waals surface area contributed by atoms with Gasteiger partial charge in [-0.3, -0.25) is 0 Å². The summed E-state index contributed by atoms with van der Waals surface area (Å²) in [6.45, 7) is 4.56. The molecule has 2 aromatic carbocycles. The minimum absolute atomic E-state index is 0.231. The van der Waals surface area contributed by atoms with Crippen molar-refractivity contribution in [1.29, 1.82) is 0 Å². The molecule has 1 aromatic heterocycles. The predicted molar refractivity (Wildman–Crippen MR) is 103 cm³/mol. The number of ether oxygens (including phenoxy) is 2. The largest absolute Gasteiger partial charge is 0.496 e. The van der Waals surface area contributed by atoms with E-state index in [2.05, 4.69) is 4.98 Å². The van der Waals surface area contributed by atoms with E-state index in [-0.39, 0.29) is 5.46 Å². The molecular weight excluding hydrogens is 329 g/mol. The van der Waals surface area contributed by atoms with Gasteiger partial charge >= 0.3 is 7.12 Å². The molecule has 26 heavy (non-hydrogen) atoms. The van der Waals surface area contributed by atoms with Gasteiger partial charge in [-0.05, 0) is 43.7 Å². The molecule has 0 aliphatic rings. The van der Waals surface area contributed by atoms with E-state index >= 15 is 0 Å². The highest BCUT2D eigenvalue weighted by Gasteiger charge is 2.25. The van der Waals surface area contributed by atoms with E-state index in [4.69, 9.17) is 9.47 Å². The zero-order valence-corrected chi connectivity index (χ0v) is 14.9. The average Bonchev–Trinajstić information content (AvgIpc) is 3.07. The third kappa shape index (κ3) is 4.10. The number of hydrogen-bond acceptors (Lipinski definition) is 4. The fraction of sp³-hybridized carbons (Fsp3) is 0.200. The second-order valence-corrected chi connectivity index (χ2v) is 6.02. The predicted octanol–water partition coefficient (Wildman–Crippen LogP) is 2.65. The molecule has 134 valence electrons. The van der Waals surface area contributed by atoms with E-state index in [9.17, 15) is 10.0 Å². The van der Waals surface area contributed by atoms with Crippen LogP contribution in [0.5, 0.6) is 11.5 Å². The topological polar surface area (TPSA) is 74.7 Å². The van der Waals surface area contributed by atoms with E-state index in [1.165, 1.54) is 0 Å². The Morgan fingerprint density at radius 1 is 0.962 bits per heavy atom. The number of aryl methyl sites for hydroxylation is 1. The number of H-pyrrole nitrogens is 1. The molecule has 0 unspecified atom stereocenters. The van der Waals surface area contributed by atoms with Gasteiger partial charge in [0.15, 0.2) is 0 Å². The molecule has 1 heterocycles. The number of benzene rings is 2. The lowest BCUT2D eigenvalue weighted by atomic mass is 9.78. The molecule has 3 rings (SSSR count). The van der Waals surface area contributed by atoms with Gasteiger partial charge in [-0.15, -0.1) is 0 Å². The van der Waals surface area contributed by atoms with Crippen molar-refractivity contribution in [2.45, 2.75) is 20.5 Å². The Labute approximate surface area is 153 Å². The summed E-state index contributed by atoms with van der Waals surface area (Å²) in [6.07, 6.45) is 0. The summed E-state index contributed by atoms with van der Waals surface area (Å²) in [4.78, 5) is 3.28. The van der Waals surface area contributed by atoms with Gasteiger partial charge in [0.05, 0.1) is 12.1 Å². The molecule has 0 bridgehead atoms. The molecule has 5 nitrogen and oxygen atoms in total. The van der Waals surface area contributed by atoms with E-state index in [1.807, 2.05) is 56.3 Å². The Bertz CT molecular complexity index is 862. The van der Waals surface area contributed by atoms with Gasteiger partial charge in [-0.25, -0.2) is 0 Å². The van der Waals surface area contributed by atoms with Crippen LogP contribution in [0.2, 0.25) is 0 Å². The van der Waals surface area contributed by atoms with E-state index in [0.717, 1.165) is 22.5 Å². The van der Waals surface area contributed by atoms with Crippen LogP contribution in [0.15, 0.2) is 54.6 Å². The first-order valence-corrected chi connectivity index (χ1v) is 8.58. The van der Waals surface area contributed by atoms with Gasteiger partial charge < -0.3 is 24.5 Å². The lowest BCUT2D eigenvalue weighted by Gasteiger charge is -2.17. The molecule has 0 aliphatic carbocycles. The number of hydrogen-bond donors (Lipinski definition) is 3. The Morgan fingerprint density at radius 2 is 1.65 bits per heavy atom. The molecule has 0 atom stereocenters. The molecule has 3 N–H and O–H groups in total. The number of aromatic nitrogens is 1. The van der Waals surface area contributed by atoms with Gasteiger partial charge in [0.1, 0.15) is 18.1 Å². The van der Waals surface area contributed by atoms with E-state index in [0.29, 0.717) is 24.7 Å². The van der Waals surface area contributed by atoms with Crippen molar-refractivity contribution in [1.82, 2.24) is 4.98 Å². The van der Waals surface area contributed by atoms with Crippen molar-refractivity contribution in [3.8, 4) is 22.8 Å². The molecule has 0 saturated carbocycles. The maximum Gasteiger partial charge on any atom is 0.496 e. The van der Waals surface area contributed by atoms with Crippen LogP contribution in [0.3, 0.4) is 0 Å². The summed E-state index contributed by atoms with van der Waals surface area (Å²) in [5, 5.41) is 19.7. The first kappa shape index (κ1) is 18.1. The third-order valence-corrected chi connectivity index (χ3v) is 4.04. The highest BCUT2D eigenvalue weighted by Crippen LogP contribution is 2.29.